The maximum absolute atomic E-state index is 12.9. The lowest BCUT2D eigenvalue weighted by molar-refractivity contribution is -0.115. The lowest BCUT2D eigenvalue weighted by Crippen LogP contribution is -2.15. The van der Waals surface area contributed by atoms with E-state index in [1.165, 1.54) is 18.2 Å². The molecule has 1 aromatic carbocycles. The van der Waals surface area contributed by atoms with Gasteiger partial charge in [0.05, 0.1) is 6.42 Å². The maximum atomic E-state index is 12.9. The van der Waals surface area contributed by atoms with Gasteiger partial charge in [-0.2, -0.15) is 4.98 Å². The summed E-state index contributed by atoms with van der Waals surface area (Å²) in [5.41, 5.74) is 0.398. The quantitative estimate of drug-likeness (QED) is 0.879. The molecule has 2 rings (SSSR count). The van der Waals surface area contributed by atoms with Gasteiger partial charge in [-0.05, 0) is 18.2 Å². The SMILES string of the molecule is Cc1nc(CC(=O)Nc2cccc(F)c2)no1. The molecule has 1 amide bonds. The Morgan fingerprint density at radius 1 is 1.53 bits per heavy atom. The zero-order valence-corrected chi connectivity index (χ0v) is 9.11. The number of aromatic nitrogens is 2. The number of anilines is 1. The molecule has 88 valence electrons. The molecule has 0 fully saturated rings. The first-order chi connectivity index (χ1) is 8.13. The Labute approximate surface area is 96.6 Å². The molecule has 0 radical (unpaired) electrons. The molecule has 0 saturated carbocycles. The summed E-state index contributed by atoms with van der Waals surface area (Å²) in [6, 6.07) is 5.66. The van der Waals surface area contributed by atoms with E-state index >= 15 is 0 Å². The Morgan fingerprint density at radius 2 is 2.35 bits per heavy atom. The van der Waals surface area contributed by atoms with Crippen LogP contribution in [0.5, 0.6) is 0 Å². The van der Waals surface area contributed by atoms with Crippen LogP contribution >= 0.6 is 0 Å². The summed E-state index contributed by atoms with van der Waals surface area (Å²) in [7, 11) is 0. The molecule has 0 saturated heterocycles. The highest BCUT2D eigenvalue weighted by Crippen LogP contribution is 2.09. The molecule has 1 N–H and O–H groups in total. The third-order valence-electron chi connectivity index (χ3n) is 2.00. The summed E-state index contributed by atoms with van der Waals surface area (Å²) < 4.78 is 17.6. The van der Waals surface area contributed by atoms with Crippen molar-refractivity contribution in [3.63, 3.8) is 0 Å². The standard InChI is InChI=1S/C11H10FN3O2/c1-7-13-10(15-17-7)6-11(16)14-9-4-2-3-8(12)5-9/h2-5H,6H2,1H3,(H,14,16). The van der Waals surface area contributed by atoms with Crippen molar-refractivity contribution < 1.29 is 13.7 Å². The van der Waals surface area contributed by atoms with E-state index in [0.29, 0.717) is 17.4 Å². The van der Waals surface area contributed by atoms with Crippen LogP contribution in [-0.4, -0.2) is 16.0 Å². The highest BCUT2D eigenvalue weighted by Gasteiger charge is 2.09. The molecule has 0 aliphatic heterocycles. The summed E-state index contributed by atoms with van der Waals surface area (Å²) in [5, 5.41) is 6.13. The lowest BCUT2D eigenvalue weighted by Gasteiger charge is -2.02. The Balaban J connectivity index is 1.98. The van der Waals surface area contributed by atoms with Crippen LogP contribution in [0.4, 0.5) is 10.1 Å². The molecular formula is C11H10FN3O2. The molecule has 2 aromatic rings. The first-order valence-electron chi connectivity index (χ1n) is 4.98. The van der Waals surface area contributed by atoms with E-state index in [1.807, 2.05) is 0 Å². The number of nitrogens with one attached hydrogen (secondary N) is 1. The largest absolute Gasteiger partial charge is 0.340 e. The van der Waals surface area contributed by atoms with E-state index in [-0.39, 0.29) is 12.3 Å². The monoisotopic (exact) mass is 235 g/mol. The van der Waals surface area contributed by atoms with Crippen LogP contribution in [0, 0.1) is 12.7 Å². The van der Waals surface area contributed by atoms with Crippen molar-refractivity contribution in [1.29, 1.82) is 0 Å². The Hall–Kier alpha value is -2.24. The Morgan fingerprint density at radius 3 is 3.00 bits per heavy atom. The second-order valence-electron chi connectivity index (χ2n) is 3.46. The summed E-state index contributed by atoms with van der Waals surface area (Å²) in [6.07, 6.45) is -0.00610. The van der Waals surface area contributed by atoms with Crippen LogP contribution in [-0.2, 0) is 11.2 Å². The van der Waals surface area contributed by atoms with Gasteiger partial charge in [-0.25, -0.2) is 4.39 Å². The second kappa shape index (κ2) is 4.73. The highest BCUT2D eigenvalue weighted by atomic mass is 19.1. The van der Waals surface area contributed by atoms with Crippen molar-refractivity contribution in [2.24, 2.45) is 0 Å². The predicted octanol–water partition coefficient (Wildman–Crippen LogP) is 1.70. The van der Waals surface area contributed by atoms with Crippen molar-refractivity contribution in [1.82, 2.24) is 10.1 Å². The molecule has 17 heavy (non-hydrogen) atoms. The average Bonchev–Trinajstić information content (AvgIpc) is 2.63. The van der Waals surface area contributed by atoms with Crippen molar-refractivity contribution in [2.75, 3.05) is 5.32 Å². The summed E-state index contributed by atoms with van der Waals surface area (Å²) >= 11 is 0. The van der Waals surface area contributed by atoms with Crippen LogP contribution in [0.15, 0.2) is 28.8 Å². The number of aryl methyl sites for hydroxylation is 1. The van der Waals surface area contributed by atoms with E-state index in [9.17, 15) is 9.18 Å². The van der Waals surface area contributed by atoms with Gasteiger partial charge in [0.25, 0.3) is 0 Å². The summed E-state index contributed by atoms with van der Waals surface area (Å²) in [5.74, 6) is -0.0236. The molecule has 0 aliphatic rings. The zero-order chi connectivity index (χ0) is 12.3. The van der Waals surface area contributed by atoms with Crippen LogP contribution in [0.1, 0.15) is 11.7 Å². The molecule has 5 nitrogen and oxygen atoms in total. The number of hydrogen-bond acceptors (Lipinski definition) is 4. The van der Waals surface area contributed by atoms with Crippen LogP contribution in [0.25, 0.3) is 0 Å². The number of nitrogens with zero attached hydrogens (tertiary/aromatic N) is 2. The highest BCUT2D eigenvalue weighted by molar-refractivity contribution is 5.91. The third kappa shape index (κ3) is 3.10. The predicted molar refractivity (Wildman–Crippen MR) is 57.8 cm³/mol. The minimum atomic E-state index is -0.404. The maximum Gasteiger partial charge on any atom is 0.232 e. The van der Waals surface area contributed by atoms with E-state index < -0.39 is 5.82 Å². The van der Waals surface area contributed by atoms with Gasteiger partial charge in [-0.1, -0.05) is 11.2 Å². The molecule has 1 aromatic heterocycles. The van der Waals surface area contributed by atoms with Gasteiger partial charge < -0.3 is 9.84 Å². The lowest BCUT2D eigenvalue weighted by atomic mass is 10.3. The Bertz CT molecular complexity index is 539. The second-order valence-corrected chi connectivity index (χ2v) is 3.46. The molecule has 1 heterocycles. The zero-order valence-electron chi connectivity index (χ0n) is 9.11. The molecule has 0 unspecified atom stereocenters. The fourth-order valence-corrected chi connectivity index (χ4v) is 1.33. The number of carbonyl (C=O) groups is 1. The topological polar surface area (TPSA) is 68.0 Å². The molecule has 6 heteroatoms. The van der Waals surface area contributed by atoms with Gasteiger partial charge in [0, 0.05) is 12.6 Å². The van der Waals surface area contributed by atoms with Crippen LogP contribution in [0.2, 0.25) is 0 Å². The molecule has 0 aliphatic carbocycles. The van der Waals surface area contributed by atoms with Crippen LogP contribution in [0.3, 0.4) is 0 Å². The number of halogens is 1. The van der Waals surface area contributed by atoms with Gasteiger partial charge in [-0.3, -0.25) is 4.79 Å². The van der Waals surface area contributed by atoms with Gasteiger partial charge >= 0.3 is 0 Å². The minimum Gasteiger partial charge on any atom is -0.340 e. The Kier molecular flexibility index (Phi) is 3.13. The number of carbonyl (C=O) groups excluding carboxylic acids is 1. The first kappa shape index (κ1) is 11.3. The van der Waals surface area contributed by atoms with Crippen molar-refractivity contribution >= 4 is 11.6 Å². The molecule has 0 bridgehead atoms. The number of rotatable bonds is 3. The molecule has 0 atom stereocenters. The number of benzene rings is 1. The van der Waals surface area contributed by atoms with Crippen LogP contribution < -0.4 is 5.32 Å². The first-order valence-corrected chi connectivity index (χ1v) is 4.98. The van der Waals surface area contributed by atoms with Crippen molar-refractivity contribution in [3.05, 3.63) is 41.8 Å². The van der Waals surface area contributed by atoms with Gasteiger partial charge in [0.15, 0.2) is 5.82 Å². The third-order valence-corrected chi connectivity index (χ3v) is 2.00. The van der Waals surface area contributed by atoms with E-state index in [2.05, 4.69) is 15.5 Å². The summed E-state index contributed by atoms with van der Waals surface area (Å²) in [4.78, 5) is 15.4. The number of amides is 1. The smallest absolute Gasteiger partial charge is 0.232 e. The normalized spacial score (nSPS) is 10.2. The fraction of sp³-hybridized carbons (Fsp3) is 0.182. The molecule has 0 spiro atoms. The van der Waals surface area contributed by atoms with Gasteiger partial charge in [0.2, 0.25) is 11.8 Å². The summed E-state index contributed by atoms with van der Waals surface area (Å²) in [6.45, 7) is 1.64. The average molecular weight is 235 g/mol. The fourth-order valence-electron chi connectivity index (χ4n) is 1.33. The number of hydrogen-bond donors (Lipinski definition) is 1. The van der Waals surface area contributed by atoms with Gasteiger partial charge in [-0.15, -0.1) is 0 Å². The van der Waals surface area contributed by atoms with E-state index in [1.54, 1.807) is 13.0 Å². The molecular weight excluding hydrogens is 225 g/mol. The van der Waals surface area contributed by atoms with E-state index in [4.69, 9.17) is 4.52 Å². The van der Waals surface area contributed by atoms with E-state index in [0.717, 1.165) is 0 Å². The van der Waals surface area contributed by atoms with Crippen molar-refractivity contribution in [3.8, 4) is 0 Å². The van der Waals surface area contributed by atoms with Gasteiger partial charge in [0.1, 0.15) is 5.82 Å². The minimum absolute atomic E-state index is 0.00610. The van der Waals surface area contributed by atoms with Crippen molar-refractivity contribution in [2.45, 2.75) is 13.3 Å².